The number of hydrogen-bond donors (Lipinski definition) is 0. The summed E-state index contributed by atoms with van der Waals surface area (Å²) >= 11 is 6.26. The number of benzene rings is 2. The Bertz CT molecular complexity index is 680. The predicted molar refractivity (Wildman–Crippen MR) is 85.2 cm³/mol. The van der Waals surface area contributed by atoms with E-state index in [1.54, 1.807) is 6.07 Å². The lowest BCUT2D eigenvalue weighted by molar-refractivity contribution is -0.138. The topological polar surface area (TPSA) is 38.7 Å². The Morgan fingerprint density at radius 2 is 1.95 bits per heavy atom. The first-order valence-electron chi connectivity index (χ1n) is 6.55. The van der Waals surface area contributed by atoms with Crippen molar-refractivity contribution in [1.29, 1.82) is 0 Å². The Kier molecular flexibility index (Phi) is 5.12. The number of hydrogen-bond acceptors (Lipinski definition) is 3. The van der Waals surface area contributed by atoms with Gasteiger partial charge in [-0.25, -0.2) is 0 Å². The highest BCUT2D eigenvalue weighted by Gasteiger charge is 2.11. The lowest BCUT2D eigenvalue weighted by Gasteiger charge is -2.10. The van der Waals surface area contributed by atoms with Gasteiger partial charge >= 0.3 is 5.97 Å². The van der Waals surface area contributed by atoms with Crippen molar-refractivity contribution in [1.82, 2.24) is 0 Å². The highest BCUT2D eigenvalue weighted by atomic mass is 35.5. The fraction of sp³-hybridized carbons (Fsp3) is 0.176. The molecule has 0 aliphatic heterocycles. The second kappa shape index (κ2) is 7.04. The monoisotopic (exact) mass is 301 g/mol. The molecule has 0 saturated heterocycles. The van der Waals surface area contributed by atoms with E-state index in [4.69, 9.17) is 11.6 Å². The van der Waals surface area contributed by atoms with E-state index in [1.807, 2.05) is 49.4 Å². The second-order valence-electron chi connectivity index (χ2n) is 4.59. The molecule has 0 unspecified atom stereocenters. The number of aliphatic imine (C=N–C) groups is 1. The summed E-state index contributed by atoms with van der Waals surface area (Å²) in [6.07, 6.45) is 0. The van der Waals surface area contributed by atoms with Crippen LogP contribution in [0.25, 0.3) is 0 Å². The van der Waals surface area contributed by atoms with Gasteiger partial charge in [-0.1, -0.05) is 53.6 Å². The summed E-state index contributed by atoms with van der Waals surface area (Å²) in [6.45, 7) is 1.97. The van der Waals surface area contributed by atoms with Crippen molar-refractivity contribution < 1.29 is 9.53 Å². The Morgan fingerprint density at radius 3 is 2.62 bits per heavy atom. The van der Waals surface area contributed by atoms with Gasteiger partial charge in [-0.15, -0.1) is 0 Å². The zero-order valence-electron chi connectivity index (χ0n) is 12.0. The van der Waals surface area contributed by atoms with Crippen molar-refractivity contribution in [3.63, 3.8) is 0 Å². The van der Waals surface area contributed by atoms with Gasteiger partial charge in [0.25, 0.3) is 0 Å². The van der Waals surface area contributed by atoms with Gasteiger partial charge in [0, 0.05) is 16.1 Å². The standard InChI is InChI=1S/C17H16ClNO2/c1-12-6-5-7-13(10-12)17(19-11-16(20)21-2)14-8-3-4-9-15(14)18/h3-10H,11H2,1-2H3. The van der Waals surface area contributed by atoms with Crippen LogP contribution in [0, 0.1) is 6.92 Å². The van der Waals surface area contributed by atoms with Gasteiger partial charge < -0.3 is 4.74 Å². The molecule has 0 aliphatic rings. The average Bonchev–Trinajstić information content (AvgIpc) is 2.49. The maximum absolute atomic E-state index is 11.4. The van der Waals surface area contributed by atoms with Crippen molar-refractivity contribution in [2.45, 2.75) is 6.92 Å². The molecule has 0 aromatic heterocycles. The highest BCUT2D eigenvalue weighted by Crippen LogP contribution is 2.20. The number of ether oxygens (including phenoxy) is 1. The van der Waals surface area contributed by atoms with Crippen LogP contribution in [0.5, 0.6) is 0 Å². The first-order valence-corrected chi connectivity index (χ1v) is 6.93. The van der Waals surface area contributed by atoms with E-state index in [2.05, 4.69) is 9.73 Å². The molecule has 2 rings (SSSR count). The summed E-state index contributed by atoms with van der Waals surface area (Å²) in [4.78, 5) is 15.8. The normalized spacial score (nSPS) is 11.3. The van der Waals surface area contributed by atoms with E-state index >= 15 is 0 Å². The Hall–Kier alpha value is -2.13. The van der Waals surface area contributed by atoms with Crippen LogP contribution in [0.4, 0.5) is 0 Å². The molecule has 0 N–H and O–H groups in total. The Labute approximate surface area is 129 Å². The molecule has 0 radical (unpaired) electrons. The van der Waals surface area contributed by atoms with Crippen LogP contribution in [0.1, 0.15) is 16.7 Å². The molecule has 0 aliphatic carbocycles. The number of esters is 1. The molecule has 0 bridgehead atoms. The molecule has 108 valence electrons. The second-order valence-corrected chi connectivity index (χ2v) is 5.00. The molecule has 2 aromatic rings. The number of rotatable bonds is 4. The third-order valence-corrected chi connectivity index (χ3v) is 3.34. The summed E-state index contributed by atoms with van der Waals surface area (Å²) in [5, 5.41) is 0.600. The fourth-order valence-corrected chi connectivity index (χ4v) is 2.21. The molecule has 0 amide bonds. The molecule has 3 nitrogen and oxygen atoms in total. The van der Waals surface area contributed by atoms with Crippen LogP contribution in [0.3, 0.4) is 0 Å². The summed E-state index contributed by atoms with van der Waals surface area (Å²) in [5.74, 6) is -0.382. The summed E-state index contributed by atoms with van der Waals surface area (Å²) < 4.78 is 4.65. The van der Waals surface area contributed by atoms with E-state index in [0.717, 1.165) is 16.7 Å². The van der Waals surface area contributed by atoms with Crippen LogP contribution in [-0.4, -0.2) is 25.3 Å². The number of halogens is 1. The van der Waals surface area contributed by atoms with E-state index in [-0.39, 0.29) is 12.5 Å². The molecular weight excluding hydrogens is 286 g/mol. The van der Waals surface area contributed by atoms with Gasteiger partial charge in [0.1, 0.15) is 6.54 Å². The predicted octanol–water partition coefficient (Wildman–Crippen LogP) is 3.66. The van der Waals surface area contributed by atoms with E-state index in [9.17, 15) is 4.79 Å². The Balaban J connectivity index is 2.49. The van der Waals surface area contributed by atoms with Crippen molar-refractivity contribution in [3.05, 3.63) is 70.2 Å². The molecule has 2 aromatic carbocycles. The summed E-state index contributed by atoms with van der Waals surface area (Å²) in [7, 11) is 1.35. The molecular formula is C17H16ClNO2. The molecule has 0 fully saturated rings. The zero-order chi connectivity index (χ0) is 15.2. The average molecular weight is 302 g/mol. The fourth-order valence-electron chi connectivity index (χ4n) is 1.99. The summed E-state index contributed by atoms with van der Waals surface area (Å²) in [5.41, 5.74) is 3.53. The minimum atomic E-state index is -0.382. The Morgan fingerprint density at radius 1 is 1.19 bits per heavy atom. The van der Waals surface area contributed by atoms with Gasteiger partial charge in [-0.2, -0.15) is 0 Å². The first kappa shape index (κ1) is 15.3. The molecule has 4 heteroatoms. The molecule has 0 heterocycles. The number of carbonyl (C=O) groups is 1. The highest BCUT2D eigenvalue weighted by molar-refractivity contribution is 6.35. The number of methoxy groups -OCH3 is 1. The van der Waals surface area contributed by atoms with Gasteiger partial charge in [0.2, 0.25) is 0 Å². The molecule has 0 saturated carbocycles. The lowest BCUT2D eigenvalue weighted by Crippen LogP contribution is -2.10. The van der Waals surface area contributed by atoms with Crippen molar-refractivity contribution in [3.8, 4) is 0 Å². The van der Waals surface area contributed by atoms with E-state index in [0.29, 0.717) is 10.7 Å². The van der Waals surface area contributed by atoms with Crippen LogP contribution < -0.4 is 0 Å². The smallest absolute Gasteiger partial charge is 0.327 e. The van der Waals surface area contributed by atoms with E-state index < -0.39 is 0 Å². The van der Waals surface area contributed by atoms with Crippen molar-refractivity contribution in [2.24, 2.45) is 4.99 Å². The number of aryl methyl sites for hydroxylation is 1. The molecule has 0 atom stereocenters. The lowest BCUT2D eigenvalue weighted by atomic mass is 10.0. The van der Waals surface area contributed by atoms with E-state index in [1.165, 1.54) is 7.11 Å². The number of carbonyl (C=O) groups excluding carboxylic acids is 1. The third kappa shape index (κ3) is 3.92. The van der Waals surface area contributed by atoms with Crippen molar-refractivity contribution in [2.75, 3.05) is 13.7 Å². The maximum atomic E-state index is 11.4. The van der Waals surface area contributed by atoms with Gasteiger partial charge in [-0.3, -0.25) is 9.79 Å². The van der Waals surface area contributed by atoms with Gasteiger partial charge in [0.15, 0.2) is 0 Å². The minimum Gasteiger partial charge on any atom is -0.468 e. The summed E-state index contributed by atoms with van der Waals surface area (Å²) in [6, 6.07) is 15.4. The van der Waals surface area contributed by atoms with Gasteiger partial charge in [-0.05, 0) is 19.1 Å². The van der Waals surface area contributed by atoms with Gasteiger partial charge in [0.05, 0.1) is 12.8 Å². The van der Waals surface area contributed by atoms with Crippen LogP contribution >= 0.6 is 11.6 Å². The van der Waals surface area contributed by atoms with Crippen LogP contribution in [-0.2, 0) is 9.53 Å². The first-order chi connectivity index (χ1) is 10.1. The quantitative estimate of drug-likeness (QED) is 0.638. The largest absolute Gasteiger partial charge is 0.468 e. The molecule has 21 heavy (non-hydrogen) atoms. The maximum Gasteiger partial charge on any atom is 0.327 e. The zero-order valence-corrected chi connectivity index (χ0v) is 12.7. The molecule has 0 spiro atoms. The minimum absolute atomic E-state index is 0.0367. The SMILES string of the molecule is COC(=O)CN=C(c1cccc(C)c1)c1ccccc1Cl. The van der Waals surface area contributed by atoms with Crippen LogP contribution in [0.2, 0.25) is 5.02 Å². The van der Waals surface area contributed by atoms with Crippen molar-refractivity contribution >= 4 is 23.3 Å². The van der Waals surface area contributed by atoms with Crippen LogP contribution in [0.15, 0.2) is 53.5 Å². The third-order valence-electron chi connectivity index (χ3n) is 3.01. The number of nitrogens with zero attached hydrogens (tertiary/aromatic N) is 1.